The summed E-state index contributed by atoms with van der Waals surface area (Å²) in [6, 6.07) is -2.61. The summed E-state index contributed by atoms with van der Waals surface area (Å²) < 4.78 is 35.6. The summed E-state index contributed by atoms with van der Waals surface area (Å²) in [6.07, 6.45) is -8.88. The standard InChI is InChI=1S/C25H48N6O10/c26-5-9-3-13(33)17(30)23(37-9)40-21-14(6-32)38-24(19(21)35)41-22-16(11(28)4-12(29)18(22)34)20-10(27)1-2-15(39-20)25(31)7-36-8-25/h9-24,32-35H,1-8,26-31H2/t9-,10-,11+,12-,13+,14-,15?,16+,17-,18+,19-,20?,21-,22+,23-,24+/m1/s1. The van der Waals surface area contributed by atoms with Crippen LogP contribution in [0.2, 0.25) is 0 Å². The number of nitrogens with two attached hydrogens (primary N) is 6. The van der Waals surface area contributed by atoms with Crippen molar-refractivity contribution in [3.05, 3.63) is 0 Å². The van der Waals surface area contributed by atoms with Gasteiger partial charge in [0.2, 0.25) is 0 Å². The Kier molecular flexibility index (Phi) is 9.89. The maximum absolute atomic E-state index is 11.2. The van der Waals surface area contributed by atoms with E-state index in [0.717, 1.165) is 0 Å². The van der Waals surface area contributed by atoms with Gasteiger partial charge >= 0.3 is 0 Å². The van der Waals surface area contributed by atoms with Crippen LogP contribution in [0.25, 0.3) is 0 Å². The molecule has 16 atom stereocenters. The van der Waals surface area contributed by atoms with E-state index in [4.69, 9.17) is 62.8 Å². The predicted molar refractivity (Wildman–Crippen MR) is 141 cm³/mol. The Morgan fingerprint density at radius 3 is 2.15 bits per heavy atom. The van der Waals surface area contributed by atoms with Crippen molar-refractivity contribution in [2.24, 2.45) is 40.3 Å². The van der Waals surface area contributed by atoms with Gasteiger partial charge in [-0.2, -0.15) is 0 Å². The molecule has 0 bridgehead atoms. The van der Waals surface area contributed by atoms with Gasteiger partial charge in [0.05, 0.1) is 68.0 Å². The van der Waals surface area contributed by atoms with Crippen molar-refractivity contribution in [1.82, 2.24) is 0 Å². The molecule has 5 aliphatic rings. The number of rotatable bonds is 8. The Morgan fingerprint density at radius 1 is 0.805 bits per heavy atom. The van der Waals surface area contributed by atoms with Gasteiger partial charge in [-0.15, -0.1) is 0 Å². The van der Waals surface area contributed by atoms with Crippen LogP contribution in [0.15, 0.2) is 0 Å². The molecule has 4 aliphatic heterocycles. The third kappa shape index (κ3) is 6.17. The molecule has 0 aromatic rings. The molecule has 16 heteroatoms. The lowest BCUT2D eigenvalue weighted by molar-refractivity contribution is -0.260. The molecule has 41 heavy (non-hydrogen) atoms. The summed E-state index contributed by atoms with van der Waals surface area (Å²) in [7, 11) is 0. The van der Waals surface area contributed by atoms with E-state index in [2.05, 4.69) is 0 Å². The summed E-state index contributed by atoms with van der Waals surface area (Å²) in [6.45, 7) is 0.343. The molecule has 0 aromatic heterocycles. The monoisotopic (exact) mass is 592 g/mol. The molecule has 4 heterocycles. The average molecular weight is 593 g/mol. The minimum atomic E-state index is -1.44. The maximum atomic E-state index is 11.2. The fraction of sp³-hybridized carbons (Fsp3) is 1.00. The van der Waals surface area contributed by atoms with Gasteiger partial charge in [-0.25, -0.2) is 0 Å². The Balaban J connectivity index is 1.33. The van der Waals surface area contributed by atoms with Crippen molar-refractivity contribution in [1.29, 1.82) is 0 Å². The molecule has 5 rings (SSSR count). The molecule has 16 N–H and O–H groups in total. The van der Waals surface area contributed by atoms with Crippen molar-refractivity contribution < 1.29 is 48.8 Å². The number of aliphatic hydroxyl groups is 4. The maximum Gasteiger partial charge on any atom is 0.187 e. The fourth-order valence-corrected chi connectivity index (χ4v) is 6.78. The molecule has 238 valence electrons. The van der Waals surface area contributed by atoms with Gasteiger partial charge in [-0.1, -0.05) is 0 Å². The highest BCUT2D eigenvalue weighted by Gasteiger charge is 2.56. The SMILES string of the molecule is NC[C@H]1C[C@H](O)[C@@H](N)[C@@H](O[C@H]2[C@@H](O)[C@H](O[C@@H]3[C@@H](O)[C@H](N)C[C@H](N)[C@H]3C3OC(C4(N)COC4)CC[C@H]3N)O[C@@H]2CO)O1. The van der Waals surface area contributed by atoms with Gasteiger partial charge in [-0.3, -0.25) is 0 Å². The van der Waals surface area contributed by atoms with E-state index in [1.807, 2.05) is 0 Å². The molecule has 0 amide bonds. The summed E-state index contributed by atoms with van der Waals surface area (Å²) in [5.41, 5.74) is 37.0. The van der Waals surface area contributed by atoms with Crippen LogP contribution in [0.1, 0.15) is 25.7 Å². The molecular weight excluding hydrogens is 544 g/mol. The lowest BCUT2D eigenvalue weighted by atomic mass is 9.71. The zero-order chi connectivity index (χ0) is 29.6. The second kappa shape index (κ2) is 12.8. The van der Waals surface area contributed by atoms with Crippen molar-refractivity contribution >= 4 is 0 Å². The van der Waals surface area contributed by atoms with Crippen LogP contribution in [-0.2, 0) is 28.4 Å². The smallest absolute Gasteiger partial charge is 0.187 e. The summed E-state index contributed by atoms with van der Waals surface area (Å²) in [5, 5.41) is 42.8. The van der Waals surface area contributed by atoms with Crippen LogP contribution in [0, 0.1) is 5.92 Å². The highest BCUT2D eigenvalue weighted by molar-refractivity contribution is 5.07. The van der Waals surface area contributed by atoms with E-state index < -0.39 is 104 Å². The molecule has 5 fully saturated rings. The Bertz CT molecular complexity index is 877. The first kappa shape index (κ1) is 31.8. The van der Waals surface area contributed by atoms with Gasteiger partial charge in [0.25, 0.3) is 0 Å². The summed E-state index contributed by atoms with van der Waals surface area (Å²) >= 11 is 0. The highest BCUT2D eigenvalue weighted by Crippen LogP contribution is 2.40. The van der Waals surface area contributed by atoms with Gasteiger partial charge in [0.1, 0.15) is 18.3 Å². The van der Waals surface area contributed by atoms with Crippen molar-refractivity contribution in [2.45, 2.75) is 123 Å². The largest absolute Gasteiger partial charge is 0.394 e. The number of hydrogen-bond donors (Lipinski definition) is 10. The lowest BCUT2D eigenvalue weighted by Crippen LogP contribution is -2.71. The Labute approximate surface area is 238 Å². The second-order valence-corrected chi connectivity index (χ2v) is 12.3. The van der Waals surface area contributed by atoms with Crippen LogP contribution >= 0.6 is 0 Å². The van der Waals surface area contributed by atoms with E-state index in [9.17, 15) is 20.4 Å². The summed E-state index contributed by atoms with van der Waals surface area (Å²) in [5.74, 6) is -0.619. The molecule has 2 unspecified atom stereocenters. The fourth-order valence-electron chi connectivity index (χ4n) is 6.78. The predicted octanol–water partition coefficient (Wildman–Crippen LogP) is -5.77. The van der Waals surface area contributed by atoms with E-state index in [0.29, 0.717) is 32.5 Å². The van der Waals surface area contributed by atoms with Crippen molar-refractivity contribution in [2.75, 3.05) is 26.4 Å². The molecule has 1 saturated carbocycles. The Morgan fingerprint density at radius 2 is 1.51 bits per heavy atom. The quantitative estimate of drug-likeness (QED) is 0.125. The van der Waals surface area contributed by atoms with Crippen LogP contribution in [0.5, 0.6) is 0 Å². The molecule has 1 aliphatic carbocycles. The van der Waals surface area contributed by atoms with Gasteiger partial charge in [0.15, 0.2) is 12.6 Å². The van der Waals surface area contributed by atoms with Crippen LogP contribution in [0.4, 0.5) is 0 Å². The first-order chi connectivity index (χ1) is 19.5. The normalized spacial score (nSPS) is 52.2. The third-order valence-electron chi connectivity index (χ3n) is 9.37. The topological polar surface area (TPSA) is 292 Å². The van der Waals surface area contributed by atoms with E-state index >= 15 is 0 Å². The van der Waals surface area contributed by atoms with E-state index in [1.54, 1.807) is 0 Å². The molecular formula is C25H48N6O10. The van der Waals surface area contributed by atoms with Gasteiger partial charge in [0, 0.05) is 37.0 Å². The average Bonchev–Trinajstić information content (AvgIpc) is 3.22. The second-order valence-electron chi connectivity index (χ2n) is 12.3. The van der Waals surface area contributed by atoms with E-state index in [-0.39, 0.29) is 19.1 Å². The van der Waals surface area contributed by atoms with Crippen LogP contribution in [0.3, 0.4) is 0 Å². The minimum absolute atomic E-state index is 0.133. The first-order valence-corrected chi connectivity index (χ1v) is 14.5. The van der Waals surface area contributed by atoms with Gasteiger partial charge < -0.3 is 83.2 Å². The first-order valence-electron chi connectivity index (χ1n) is 14.5. The summed E-state index contributed by atoms with van der Waals surface area (Å²) in [4.78, 5) is 0. The number of aliphatic hydroxyl groups excluding tert-OH is 4. The van der Waals surface area contributed by atoms with Gasteiger partial charge in [-0.05, 0) is 19.3 Å². The third-order valence-corrected chi connectivity index (χ3v) is 9.37. The highest BCUT2D eigenvalue weighted by atomic mass is 16.7. The zero-order valence-electron chi connectivity index (χ0n) is 23.1. The van der Waals surface area contributed by atoms with Crippen molar-refractivity contribution in [3.63, 3.8) is 0 Å². The minimum Gasteiger partial charge on any atom is -0.394 e. The van der Waals surface area contributed by atoms with Crippen LogP contribution in [-0.4, -0.2) is 144 Å². The molecule has 16 nitrogen and oxygen atoms in total. The van der Waals surface area contributed by atoms with Crippen LogP contribution < -0.4 is 34.4 Å². The molecule has 0 aromatic carbocycles. The number of hydrogen-bond acceptors (Lipinski definition) is 16. The molecule has 4 saturated heterocycles. The molecule has 0 radical (unpaired) electrons. The zero-order valence-corrected chi connectivity index (χ0v) is 23.1. The number of ether oxygens (including phenoxy) is 6. The Hall–Kier alpha value is -0.640. The van der Waals surface area contributed by atoms with E-state index in [1.165, 1.54) is 0 Å². The van der Waals surface area contributed by atoms with Crippen molar-refractivity contribution in [3.8, 4) is 0 Å². The lowest BCUT2D eigenvalue weighted by Gasteiger charge is -2.53. The molecule has 0 spiro atoms.